The van der Waals surface area contributed by atoms with Crippen LogP contribution in [-0.2, 0) is 9.53 Å². The van der Waals surface area contributed by atoms with Crippen molar-refractivity contribution < 1.29 is 9.53 Å². The Morgan fingerprint density at radius 2 is 1.88 bits per heavy atom. The zero-order valence-electron chi connectivity index (χ0n) is 10.6. The number of rotatable bonds is 9. The molecular formula is C14H24O2. The summed E-state index contributed by atoms with van der Waals surface area (Å²) in [7, 11) is 0. The highest BCUT2D eigenvalue weighted by atomic mass is 16.5. The van der Waals surface area contributed by atoms with E-state index in [9.17, 15) is 4.79 Å². The minimum atomic E-state index is -0.0818. The largest absolute Gasteiger partial charge is 0.461 e. The Balaban J connectivity index is 3.31. The highest BCUT2D eigenvalue weighted by Gasteiger charge is 2.00. The number of carbonyl (C=O) groups is 1. The summed E-state index contributed by atoms with van der Waals surface area (Å²) in [6, 6.07) is 0. The number of esters is 1. The van der Waals surface area contributed by atoms with Crippen molar-refractivity contribution >= 4 is 5.97 Å². The van der Waals surface area contributed by atoms with Crippen molar-refractivity contribution in [3.05, 3.63) is 24.3 Å². The van der Waals surface area contributed by atoms with Crippen LogP contribution >= 0.6 is 0 Å². The second-order valence-electron chi connectivity index (χ2n) is 3.80. The van der Waals surface area contributed by atoms with Gasteiger partial charge in [-0.15, -0.1) is 0 Å². The second-order valence-corrected chi connectivity index (χ2v) is 3.80. The average Bonchev–Trinajstić information content (AvgIpc) is 2.28. The van der Waals surface area contributed by atoms with Crippen LogP contribution in [0.5, 0.6) is 0 Å². The van der Waals surface area contributed by atoms with Crippen molar-refractivity contribution in [1.29, 1.82) is 0 Å². The van der Waals surface area contributed by atoms with Gasteiger partial charge in [-0.1, -0.05) is 50.8 Å². The Bertz CT molecular complexity index is 217. The molecular weight excluding hydrogens is 200 g/mol. The molecule has 0 aliphatic rings. The number of ether oxygens (including phenoxy) is 1. The highest BCUT2D eigenvalue weighted by molar-refractivity contribution is 5.69. The Hall–Kier alpha value is -1.05. The van der Waals surface area contributed by atoms with Gasteiger partial charge < -0.3 is 4.74 Å². The quantitative estimate of drug-likeness (QED) is 0.336. The summed E-state index contributed by atoms with van der Waals surface area (Å²) in [6.45, 7) is 4.52. The first-order valence-corrected chi connectivity index (χ1v) is 6.24. The fraction of sp³-hybridized carbons (Fsp3) is 0.643. The number of hydrogen-bond donors (Lipinski definition) is 0. The summed E-state index contributed by atoms with van der Waals surface area (Å²) in [5.41, 5.74) is 0. The van der Waals surface area contributed by atoms with E-state index in [-0.39, 0.29) is 5.97 Å². The maximum atomic E-state index is 11.2. The van der Waals surface area contributed by atoms with Gasteiger partial charge in [0.1, 0.15) is 6.61 Å². The van der Waals surface area contributed by atoms with Gasteiger partial charge in [-0.05, 0) is 19.4 Å². The summed E-state index contributed by atoms with van der Waals surface area (Å²) in [6.07, 6.45) is 14.0. The Morgan fingerprint density at radius 3 is 2.56 bits per heavy atom. The van der Waals surface area contributed by atoms with Crippen molar-refractivity contribution in [1.82, 2.24) is 0 Å². The van der Waals surface area contributed by atoms with E-state index in [0.29, 0.717) is 13.0 Å². The van der Waals surface area contributed by atoms with Crippen molar-refractivity contribution in [2.45, 2.75) is 52.4 Å². The van der Waals surface area contributed by atoms with Crippen LogP contribution in [0.25, 0.3) is 0 Å². The maximum Gasteiger partial charge on any atom is 0.306 e. The third-order valence-electron chi connectivity index (χ3n) is 2.26. The molecule has 2 nitrogen and oxygen atoms in total. The molecule has 0 aromatic heterocycles. The SMILES string of the molecule is C/C=C\C=C\COC(=O)CCCCCCC. The molecule has 0 aromatic carbocycles. The van der Waals surface area contributed by atoms with Crippen LogP contribution in [0.2, 0.25) is 0 Å². The zero-order valence-corrected chi connectivity index (χ0v) is 10.6. The molecule has 0 spiro atoms. The molecule has 0 heterocycles. The third kappa shape index (κ3) is 11.0. The van der Waals surface area contributed by atoms with Gasteiger partial charge in [-0.25, -0.2) is 0 Å². The van der Waals surface area contributed by atoms with E-state index in [1.54, 1.807) is 0 Å². The van der Waals surface area contributed by atoms with Gasteiger partial charge in [0.05, 0.1) is 0 Å². The molecule has 0 unspecified atom stereocenters. The lowest BCUT2D eigenvalue weighted by Gasteiger charge is -2.01. The molecule has 0 fully saturated rings. The zero-order chi connectivity index (χ0) is 12.1. The molecule has 0 aliphatic heterocycles. The normalized spacial score (nSPS) is 11.4. The van der Waals surface area contributed by atoms with Crippen LogP contribution in [-0.4, -0.2) is 12.6 Å². The molecule has 0 saturated heterocycles. The van der Waals surface area contributed by atoms with E-state index in [4.69, 9.17) is 4.74 Å². The molecule has 0 aliphatic carbocycles. The van der Waals surface area contributed by atoms with Crippen molar-refractivity contribution in [2.75, 3.05) is 6.61 Å². The topological polar surface area (TPSA) is 26.3 Å². The molecule has 16 heavy (non-hydrogen) atoms. The van der Waals surface area contributed by atoms with Crippen LogP contribution in [0.1, 0.15) is 52.4 Å². The Labute approximate surface area is 99.4 Å². The molecule has 0 amide bonds. The molecule has 0 aromatic rings. The lowest BCUT2D eigenvalue weighted by molar-refractivity contribution is -0.142. The van der Waals surface area contributed by atoms with E-state index >= 15 is 0 Å². The Morgan fingerprint density at radius 1 is 1.12 bits per heavy atom. The van der Waals surface area contributed by atoms with Crippen LogP contribution in [0.15, 0.2) is 24.3 Å². The van der Waals surface area contributed by atoms with Crippen LogP contribution in [0.4, 0.5) is 0 Å². The highest BCUT2D eigenvalue weighted by Crippen LogP contribution is 2.05. The molecule has 0 atom stereocenters. The first-order valence-electron chi connectivity index (χ1n) is 6.24. The van der Waals surface area contributed by atoms with Gasteiger partial charge in [-0.2, -0.15) is 0 Å². The van der Waals surface area contributed by atoms with Gasteiger partial charge >= 0.3 is 5.97 Å². The third-order valence-corrected chi connectivity index (χ3v) is 2.26. The summed E-state index contributed by atoms with van der Waals surface area (Å²) in [5, 5.41) is 0. The second kappa shape index (κ2) is 12.0. The molecule has 2 heteroatoms. The molecule has 0 radical (unpaired) electrons. The molecule has 92 valence electrons. The van der Waals surface area contributed by atoms with Gasteiger partial charge in [-0.3, -0.25) is 4.79 Å². The molecule has 0 saturated carbocycles. The molecule has 0 rings (SSSR count). The van der Waals surface area contributed by atoms with E-state index < -0.39 is 0 Å². The summed E-state index contributed by atoms with van der Waals surface area (Å²) in [5.74, 6) is -0.0818. The van der Waals surface area contributed by atoms with Crippen LogP contribution < -0.4 is 0 Å². The van der Waals surface area contributed by atoms with E-state index in [0.717, 1.165) is 12.8 Å². The number of allylic oxidation sites excluding steroid dienone is 3. The first-order chi connectivity index (χ1) is 7.81. The van der Waals surface area contributed by atoms with Crippen molar-refractivity contribution in [2.24, 2.45) is 0 Å². The van der Waals surface area contributed by atoms with Gasteiger partial charge in [0, 0.05) is 6.42 Å². The number of carbonyl (C=O) groups excluding carboxylic acids is 1. The summed E-state index contributed by atoms with van der Waals surface area (Å²) in [4.78, 5) is 11.2. The van der Waals surface area contributed by atoms with Crippen LogP contribution in [0, 0.1) is 0 Å². The maximum absolute atomic E-state index is 11.2. The van der Waals surface area contributed by atoms with Gasteiger partial charge in [0.2, 0.25) is 0 Å². The lowest BCUT2D eigenvalue weighted by Crippen LogP contribution is -2.03. The Kier molecular flexibility index (Phi) is 11.2. The standard InChI is InChI=1S/C14H24O2/c1-3-5-7-9-10-12-14(15)16-13-11-8-6-4-2/h4,6,8,11H,3,5,7,9-10,12-13H2,1-2H3/b6-4-,11-8+. The van der Waals surface area contributed by atoms with Gasteiger partial charge in [0.15, 0.2) is 0 Å². The predicted molar refractivity (Wildman–Crippen MR) is 68.3 cm³/mol. The molecule has 0 N–H and O–H groups in total. The van der Waals surface area contributed by atoms with E-state index in [2.05, 4.69) is 6.92 Å². The van der Waals surface area contributed by atoms with E-state index in [1.807, 2.05) is 31.2 Å². The summed E-state index contributed by atoms with van der Waals surface area (Å²) < 4.78 is 5.04. The average molecular weight is 224 g/mol. The van der Waals surface area contributed by atoms with Crippen molar-refractivity contribution in [3.63, 3.8) is 0 Å². The summed E-state index contributed by atoms with van der Waals surface area (Å²) >= 11 is 0. The molecule has 0 bridgehead atoms. The van der Waals surface area contributed by atoms with Gasteiger partial charge in [0.25, 0.3) is 0 Å². The minimum Gasteiger partial charge on any atom is -0.461 e. The fourth-order valence-electron chi connectivity index (χ4n) is 1.33. The lowest BCUT2D eigenvalue weighted by atomic mass is 10.1. The van der Waals surface area contributed by atoms with Crippen LogP contribution in [0.3, 0.4) is 0 Å². The fourth-order valence-corrected chi connectivity index (χ4v) is 1.33. The minimum absolute atomic E-state index is 0.0818. The first kappa shape index (κ1) is 14.9. The number of hydrogen-bond acceptors (Lipinski definition) is 2. The predicted octanol–water partition coefficient (Wildman–Crippen LogP) is 4.02. The van der Waals surface area contributed by atoms with E-state index in [1.165, 1.54) is 19.3 Å². The number of unbranched alkanes of at least 4 members (excludes halogenated alkanes) is 4. The monoisotopic (exact) mass is 224 g/mol. The van der Waals surface area contributed by atoms with Crippen molar-refractivity contribution in [3.8, 4) is 0 Å². The smallest absolute Gasteiger partial charge is 0.306 e.